The lowest BCUT2D eigenvalue weighted by atomic mass is 9.85. The number of unbranched alkanes of at least 4 members (excludes halogenated alkanes) is 12. The van der Waals surface area contributed by atoms with Gasteiger partial charge in [-0.1, -0.05) is 84.0 Å². The van der Waals surface area contributed by atoms with Gasteiger partial charge in [-0.3, -0.25) is 4.79 Å². The Kier molecular flexibility index (Phi) is 10.9. The maximum atomic E-state index is 12.7. The van der Waals surface area contributed by atoms with E-state index in [0.717, 1.165) is 19.3 Å². The van der Waals surface area contributed by atoms with Gasteiger partial charge in [-0.25, -0.2) is 0 Å². The van der Waals surface area contributed by atoms with E-state index in [1.807, 2.05) is 0 Å². The molecule has 6 atom stereocenters. The highest BCUT2D eigenvalue weighted by molar-refractivity contribution is 5.69. The average Bonchev–Trinajstić information content (AvgIpc) is 3.29. The Morgan fingerprint density at radius 3 is 1.46 bits per heavy atom. The third-order valence-corrected chi connectivity index (χ3v) is 7.40. The predicted molar refractivity (Wildman–Crippen MR) is 134 cm³/mol. The van der Waals surface area contributed by atoms with E-state index in [1.165, 1.54) is 64.2 Å². The van der Waals surface area contributed by atoms with E-state index >= 15 is 0 Å². The van der Waals surface area contributed by atoms with E-state index in [0.29, 0.717) is 6.42 Å². The molecule has 2 unspecified atom stereocenters. The number of hydrogen-bond acceptors (Lipinski definition) is 7. The molecule has 0 radical (unpaired) electrons. The summed E-state index contributed by atoms with van der Waals surface area (Å²) in [6.07, 6.45) is 12.8. The molecule has 1 aliphatic carbocycles. The van der Waals surface area contributed by atoms with Crippen molar-refractivity contribution < 1.29 is 33.6 Å². The Balaban J connectivity index is 1.34. The topological polar surface area (TPSA) is 83.5 Å². The van der Waals surface area contributed by atoms with Crippen LogP contribution < -0.4 is 0 Å². The SMILES string of the molecule is CCCCCCCCCCCCCCCC(=O)OC1[C@@H]2OC(C)(C)O[C@@H]2C(O)[C@@H]2OC(C)(C)O[C@@H]12. The fourth-order valence-electron chi connectivity index (χ4n) is 5.68. The lowest BCUT2D eigenvalue weighted by molar-refractivity contribution is -0.195. The molecule has 0 amide bonds. The minimum atomic E-state index is -0.912. The zero-order valence-corrected chi connectivity index (χ0v) is 22.8. The van der Waals surface area contributed by atoms with Crippen LogP contribution in [0.2, 0.25) is 0 Å². The molecule has 0 aromatic rings. The second kappa shape index (κ2) is 13.2. The van der Waals surface area contributed by atoms with E-state index in [-0.39, 0.29) is 5.97 Å². The molecule has 2 saturated heterocycles. The van der Waals surface area contributed by atoms with Gasteiger partial charge >= 0.3 is 5.97 Å². The summed E-state index contributed by atoms with van der Waals surface area (Å²) in [5.74, 6) is -2.00. The van der Waals surface area contributed by atoms with Crippen LogP contribution in [0.4, 0.5) is 0 Å². The maximum Gasteiger partial charge on any atom is 0.306 e. The molecule has 3 aliphatic rings. The molecule has 0 aromatic carbocycles. The van der Waals surface area contributed by atoms with Gasteiger partial charge in [0.15, 0.2) is 17.7 Å². The Labute approximate surface area is 212 Å². The van der Waals surface area contributed by atoms with Crippen LogP contribution in [0.15, 0.2) is 0 Å². The molecule has 204 valence electrons. The molecule has 0 bridgehead atoms. The average molecular weight is 499 g/mol. The molecule has 7 heteroatoms. The maximum absolute atomic E-state index is 12.7. The van der Waals surface area contributed by atoms with Gasteiger partial charge in [0.25, 0.3) is 0 Å². The van der Waals surface area contributed by atoms with Gasteiger partial charge in [0.1, 0.15) is 30.5 Å². The first kappa shape index (κ1) is 28.8. The number of fused-ring (bicyclic) bond motifs is 2. The van der Waals surface area contributed by atoms with Crippen molar-refractivity contribution in [1.82, 2.24) is 0 Å². The van der Waals surface area contributed by atoms with Gasteiger partial charge in [-0.2, -0.15) is 0 Å². The van der Waals surface area contributed by atoms with E-state index in [4.69, 9.17) is 23.7 Å². The second-order valence-electron chi connectivity index (χ2n) is 11.6. The third-order valence-electron chi connectivity index (χ3n) is 7.40. The zero-order valence-electron chi connectivity index (χ0n) is 22.8. The zero-order chi connectivity index (χ0) is 25.5. The first-order chi connectivity index (χ1) is 16.6. The van der Waals surface area contributed by atoms with E-state index in [2.05, 4.69) is 6.92 Å². The van der Waals surface area contributed by atoms with Gasteiger partial charge in [0.05, 0.1) is 0 Å². The summed E-state index contributed by atoms with van der Waals surface area (Å²) in [6, 6.07) is 0. The van der Waals surface area contributed by atoms with Crippen molar-refractivity contribution in [3.05, 3.63) is 0 Å². The Bertz CT molecular complexity index is 617. The summed E-state index contributed by atoms with van der Waals surface area (Å²) >= 11 is 0. The molecule has 35 heavy (non-hydrogen) atoms. The molecule has 0 spiro atoms. The smallest absolute Gasteiger partial charge is 0.306 e. The fraction of sp³-hybridized carbons (Fsp3) is 0.964. The van der Waals surface area contributed by atoms with Crippen LogP contribution in [0, 0.1) is 0 Å². The Morgan fingerprint density at radius 2 is 1.03 bits per heavy atom. The fourth-order valence-corrected chi connectivity index (χ4v) is 5.68. The van der Waals surface area contributed by atoms with Crippen molar-refractivity contribution in [2.45, 2.75) is 173 Å². The third kappa shape index (κ3) is 8.39. The molecule has 3 fully saturated rings. The molecule has 2 heterocycles. The molecule has 1 saturated carbocycles. The van der Waals surface area contributed by atoms with Crippen LogP contribution in [0.1, 0.15) is 125 Å². The van der Waals surface area contributed by atoms with Crippen molar-refractivity contribution in [2.75, 3.05) is 0 Å². The molecule has 7 nitrogen and oxygen atoms in total. The molecule has 3 rings (SSSR count). The summed E-state index contributed by atoms with van der Waals surface area (Å²) in [4.78, 5) is 12.7. The predicted octanol–water partition coefficient (Wildman–Crippen LogP) is 5.79. The number of esters is 1. The van der Waals surface area contributed by atoms with Crippen LogP contribution >= 0.6 is 0 Å². The van der Waals surface area contributed by atoms with Crippen LogP contribution in [0.3, 0.4) is 0 Å². The lowest BCUT2D eigenvalue weighted by Gasteiger charge is -2.40. The minimum Gasteiger partial charge on any atom is -0.457 e. The largest absolute Gasteiger partial charge is 0.457 e. The Morgan fingerprint density at radius 1 is 0.657 bits per heavy atom. The van der Waals surface area contributed by atoms with E-state index < -0.39 is 48.2 Å². The van der Waals surface area contributed by atoms with Crippen molar-refractivity contribution in [1.29, 1.82) is 0 Å². The number of carbonyl (C=O) groups excluding carboxylic acids is 1. The number of aliphatic hydroxyl groups excluding tert-OH is 1. The number of rotatable bonds is 15. The minimum absolute atomic E-state index is 0.256. The highest BCUT2D eigenvalue weighted by atomic mass is 16.8. The van der Waals surface area contributed by atoms with Gasteiger partial charge in [0, 0.05) is 6.42 Å². The van der Waals surface area contributed by atoms with E-state index in [1.54, 1.807) is 27.7 Å². The van der Waals surface area contributed by atoms with Crippen LogP contribution in [0.25, 0.3) is 0 Å². The number of hydrogen-bond donors (Lipinski definition) is 1. The Hall–Kier alpha value is -0.730. The molecule has 2 aliphatic heterocycles. The van der Waals surface area contributed by atoms with Gasteiger partial charge in [-0.05, 0) is 34.1 Å². The molecule has 1 N–H and O–H groups in total. The lowest BCUT2D eigenvalue weighted by Crippen LogP contribution is -2.62. The normalized spacial score (nSPS) is 32.9. The molecular formula is C28H50O7. The van der Waals surface area contributed by atoms with E-state index in [9.17, 15) is 9.90 Å². The highest BCUT2D eigenvalue weighted by Gasteiger charge is 2.64. The van der Waals surface area contributed by atoms with Crippen molar-refractivity contribution >= 4 is 5.97 Å². The summed E-state index contributed by atoms with van der Waals surface area (Å²) in [7, 11) is 0. The van der Waals surface area contributed by atoms with Crippen molar-refractivity contribution in [3.8, 4) is 0 Å². The highest BCUT2D eigenvalue weighted by Crippen LogP contribution is 2.45. The van der Waals surface area contributed by atoms with Crippen molar-refractivity contribution in [3.63, 3.8) is 0 Å². The number of aliphatic hydroxyl groups is 1. The quantitative estimate of drug-likeness (QED) is 0.226. The van der Waals surface area contributed by atoms with Crippen LogP contribution in [-0.2, 0) is 28.5 Å². The first-order valence-corrected chi connectivity index (χ1v) is 14.2. The summed E-state index contributed by atoms with van der Waals surface area (Å²) in [6.45, 7) is 9.45. The standard InChI is InChI=1S/C28H50O7/c1-6-7-8-9-10-11-12-13-14-15-16-17-18-19-20(29)31-24-25-22(32-27(2,3)34-25)21(30)23-26(24)35-28(4,5)33-23/h21-26,30H,6-19H2,1-5H3/t21?,22-,23+,24?,25-,26-/m1/s1. The van der Waals surface area contributed by atoms with Crippen LogP contribution in [0.5, 0.6) is 0 Å². The van der Waals surface area contributed by atoms with Gasteiger partial charge < -0.3 is 28.8 Å². The van der Waals surface area contributed by atoms with Gasteiger partial charge in [-0.15, -0.1) is 0 Å². The first-order valence-electron chi connectivity index (χ1n) is 14.2. The second-order valence-corrected chi connectivity index (χ2v) is 11.6. The van der Waals surface area contributed by atoms with Crippen molar-refractivity contribution in [2.24, 2.45) is 0 Å². The molecule has 0 aromatic heterocycles. The monoisotopic (exact) mass is 498 g/mol. The summed E-state index contributed by atoms with van der Waals surface area (Å²) < 4.78 is 29.9. The number of carbonyl (C=O) groups is 1. The summed E-state index contributed by atoms with van der Waals surface area (Å²) in [5.41, 5.74) is 0. The number of ether oxygens (including phenoxy) is 5. The molecular weight excluding hydrogens is 448 g/mol. The van der Waals surface area contributed by atoms with Gasteiger partial charge in [0.2, 0.25) is 0 Å². The van der Waals surface area contributed by atoms with Crippen LogP contribution in [-0.4, -0.2) is 59.3 Å². The summed E-state index contributed by atoms with van der Waals surface area (Å²) in [5, 5.41) is 10.9.